The minimum atomic E-state index is -0.364. The van der Waals surface area contributed by atoms with Crippen LogP contribution in [0.25, 0.3) is 34.6 Å². The molecule has 160 valence electrons. The van der Waals surface area contributed by atoms with Crippen LogP contribution in [0.1, 0.15) is 16.8 Å². The molecule has 0 fully saturated rings. The number of hydrogen-bond donors (Lipinski definition) is 0. The van der Waals surface area contributed by atoms with Crippen molar-refractivity contribution in [3.05, 3.63) is 143 Å². The number of nitrogens with zero attached hydrogens (tertiary/aromatic N) is 1. The minimum absolute atomic E-state index is 0.364. The van der Waals surface area contributed by atoms with Crippen molar-refractivity contribution in [3.8, 4) is 22.5 Å². The number of hydrogen-bond acceptors (Lipinski definition) is 2. The van der Waals surface area contributed by atoms with E-state index in [1.807, 2.05) is 91.0 Å². The predicted molar refractivity (Wildman–Crippen MR) is 135 cm³/mol. The zero-order chi connectivity index (χ0) is 22.5. The molecule has 0 bridgehead atoms. The van der Waals surface area contributed by atoms with Gasteiger partial charge in [-0.2, -0.15) is 0 Å². The van der Waals surface area contributed by atoms with Crippen molar-refractivity contribution in [1.29, 1.82) is 0 Å². The maximum Gasteiger partial charge on any atom is 0.420 e. The lowest BCUT2D eigenvalue weighted by molar-refractivity contribution is 0.497. The molecule has 0 N–H and O–H groups in total. The molecule has 0 aliphatic heterocycles. The monoisotopic (exact) mass is 429 g/mol. The molecule has 0 amide bonds. The summed E-state index contributed by atoms with van der Waals surface area (Å²) in [6, 6.07) is 38.4. The summed E-state index contributed by atoms with van der Waals surface area (Å²) in [7, 11) is 0. The van der Waals surface area contributed by atoms with Gasteiger partial charge >= 0.3 is 5.76 Å². The SMILES string of the molecule is O=c1oc(-c2ccccc2)c(/C=C/c2ccc(-c3ccccc3)cc2)n1Cc1ccccc1. The highest BCUT2D eigenvalue weighted by Crippen LogP contribution is 2.26. The summed E-state index contributed by atoms with van der Waals surface area (Å²) in [5.74, 6) is 0.213. The Morgan fingerprint density at radius 1 is 0.606 bits per heavy atom. The fraction of sp³-hybridized carbons (Fsp3) is 0.0333. The summed E-state index contributed by atoms with van der Waals surface area (Å²) < 4.78 is 7.41. The van der Waals surface area contributed by atoms with Crippen molar-refractivity contribution in [2.45, 2.75) is 6.54 Å². The Kier molecular flexibility index (Phi) is 5.85. The first-order chi connectivity index (χ1) is 16.3. The Morgan fingerprint density at radius 2 is 1.15 bits per heavy atom. The molecule has 3 heteroatoms. The molecule has 0 atom stereocenters. The predicted octanol–water partition coefficient (Wildman–Crippen LogP) is 6.99. The highest BCUT2D eigenvalue weighted by Gasteiger charge is 2.16. The van der Waals surface area contributed by atoms with E-state index in [4.69, 9.17) is 4.42 Å². The van der Waals surface area contributed by atoms with Gasteiger partial charge in [-0.15, -0.1) is 0 Å². The molecule has 0 aliphatic rings. The molecule has 5 aromatic rings. The summed E-state index contributed by atoms with van der Waals surface area (Å²) in [5, 5.41) is 0. The molecule has 1 heterocycles. The molecule has 0 spiro atoms. The van der Waals surface area contributed by atoms with Crippen LogP contribution < -0.4 is 5.76 Å². The Balaban J connectivity index is 1.52. The Morgan fingerprint density at radius 3 is 1.79 bits per heavy atom. The van der Waals surface area contributed by atoms with Gasteiger partial charge in [-0.25, -0.2) is 4.79 Å². The fourth-order valence-corrected chi connectivity index (χ4v) is 3.89. The van der Waals surface area contributed by atoms with Crippen LogP contribution in [0, 0.1) is 0 Å². The van der Waals surface area contributed by atoms with Crippen LogP contribution in [0.4, 0.5) is 0 Å². The van der Waals surface area contributed by atoms with E-state index in [2.05, 4.69) is 36.4 Å². The van der Waals surface area contributed by atoms with Crippen LogP contribution in [0.15, 0.2) is 124 Å². The topological polar surface area (TPSA) is 35.1 Å². The van der Waals surface area contributed by atoms with Gasteiger partial charge in [0.2, 0.25) is 0 Å². The van der Waals surface area contributed by atoms with Crippen LogP contribution >= 0.6 is 0 Å². The normalized spacial score (nSPS) is 11.2. The summed E-state index contributed by atoms with van der Waals surface area (Å²) in [6.07, 6.45) is 3.99. The second-order valence-corrected chi connectivity index (χ2v) is 7.84. The van der Waals surface area contributed by atoms with Crippen molar-refractivity contribution in [2.24, 2.45) is 0 Å². The molecule has 33 heavy (non-hydrogen) atoms. The first kappa shape index (κ1) is 20.5. The van der Waals surface area contributed by atoms with Crippen molar-refractivity contribution < 1.29 is 4.42 Å². The molecule has 0 aliphatic carbocycles. The largest absolute Gasteiger partial charge is 0.420 e. The Hall–Kier alpha value is -4.37. The van der Waals surface area contributed by atoms with E-state index >= 15 is 0 Å². The van der Waals surface area contributed by atoms with Gasteiger partial charge in [0.1, 0.15) is 0 Å². The van der Waals surface area contributed by atoms with E-state index in [0.29, 0.717) is 12.3 Å². The number of rotatable bonds is 6. The van der Waals surface area contributed by atoms with Gasteiger partial charge in [-0.3, -0.25) is 4.57 Å². The summed E-state index contributed by atoms with van der Waals surface area (Å²) in [5.41, 5.74) is 6.08. The first-order valence-electron chi connectivity index (χ1n) is 10.9. The van der Waals surface area contributed by atoms with Crippen LogP contribution in [-0.4, -0.2) is 4.57 Å². The maximum absolute atomic E-state index is 12.8. The fourth-order valence-electron chi connectivity index (χ4n) is 3.89. The average Bonchev–Trinajstić information content (AvgIpc) is 3.19. The third kappa shape index (κ3) is 4.63. The van der Waals surface area contributed by atoms with E-state index in [1.165, 1.54) is 11.1 Å². The number of aromatic nitrogens is 1. The third-order valence-corrected chi connectivity index (χ3v) is 5.60. The summed E-state index contributed by atoms with van der Waals surface area (Å²) in [6.45, 7) is 0.447. The van der Waals surface area contributed by atoms with E-state index in [9.17, 15) is 4.79 Å². The van der Waals surface area contributed by atoms with Gasteiger partial charge in [0, 0.05) is 5.56 Å². The zero-order valence-electron chi connectivity index (χ0n) is 18.1. The summed E-state index contributed by atoms with van der Waals surface area (Å²) >= 11 is 0. The lowest BCUT2D eigenvalue weighted by Gasteiger charge is -2.06. The van der Waals surface area contributed by atoms with Gasteiger partial charge in [-0.05, 0) is 28.3 Å². The highest BCUT2D eigenvalue weighted by molar-refractivity contribution is 5.77. The van der Waals surface area contributed by atoms with Crippen LogP contribution in [0.3, 0.4) is 0 Å². The molecule has 0 saturated carbocycles. The molecule has 4 aromatic carbocycles. The van der Waals surface area contributed by atoms with Crippen molar-refractivity contribution in [2.75, 3.05) is 0 Å². The van der Waals surface area contributed by atoms with Gasteiger partial charge in [0.25, 0.3) is 0 Å². The first-order valence-corrected chi connectivity index (χ1v) is 10.9. The van der Waals surface area contributed by atoms with Crippen LogP contribution in [0.2, 0.25) is 0 Å². The molecule has 3 nitrogen and oxygen atoms in total. The third-order valence-electron chi connectivity index (χ3n) is 5.60. The number of oxazole rings is 1. The second-order valence-electron chi connectivity index (χ2n) is 7.84. The zero-order valence-corrected chi connectivity index (χ0v) is 18.1. The van der Waals surface area contributed by atoms with Crippen LogP contribution in [-0.2, 0) is 6.54 Å². The van der Waals surface area contributed by atoms with Gasteiger partial charge in [0.15, 0.2) is 5.76 Å². The molecule has 0 radical (unpaired) electrons. The quantitative estimate of drug-likeness (QED) is 0.291. The molecular weight excluding hydrogens is 406 g/mol. The Bertz CT molecular complexity index is 1410. The molecule has 1 aromatic heterocycles. The molecular formula is C30H23NO2. The van der Waals surface area contributed by atoms with E-state index in [0.717, 1.165) is 22.4 Å². The average molecular weight is 430 g/mol. The lowest BCUT2D eigenvalue weighted by atomic mass is 10.0. The minimum Gasteiger partial charge on any atom is -0.407 e. The molecule has 0 saturated heterocycles. The Labute approximate surface area is 192 Å². The van der Waals surface area contributed by atoms with Gasteiger partial charge in [0.05, 0.1) is 12.2 Å². The van der Waals surface area contributed by atoms with E-state index < -0.39 is 0 Å². The summed E-state index contributed by atoms with van der Waals surface area (Å²) in [4.78, 5) is 12.8. The van der Waals surface area contributed by atoms with Crippen molar-refractivity contribution >= 4 is 12.2 Å². The van der Waals surface area contributed by atoms with Crippen molar-refractivity contribution in [3.63, 3.8) is 0 Å². The molecule has 0 unspecified atom stereocenters. The standard InChI is InChI=1S/C30H23NO2/c32-30-31(22-24-10-4-1-5-11-24)28(29(33-30)27-14-8-3-9-15-27)21-18-23-16-19-26(20-17-23)25-12-6-2-7-13-25/h1-21H,22H2/b21-18+. The smallest absolute Gasteiger partial charge is 0.407 e. The van der Waals surface area contributed by atoms with E-state index in [1.54, 1.807) is 4.57 Å². The van der Waals surface area contributed by atoms with E-state index in [-0.39, 0.29) is 5.76 Å². The maximum atomic E-state index is 12.8. The van der Waals surface area contributed by atoms with Crippen molar-refractivity contribution in [1.82, 2.24) is 4.57 Å². The lowest BCUT2D eigenvalue weighted by Crippen LogP contribution is -2.16. The number of benzene rings is 4. The second kappa shape index (κ2) is 9.41. The highest BCUT2D eigenvalue weighted by atomic mass is 16.4. The van der Waals surface area contributed by atoms with Crippen LogP contribution in [0.5, 0.6) is 0 Å². The van der Waals surface area contributed by atoms with Gasteiger partial charge in [-0.1, -0.05) is 121 Å². The van der Waals surface area contributed by atoms with Gasteiger partial charge < -0.3 is 4.42 Å². The molecule has 5 rings (SSSR count).